The predicted molar refractivity (Wildman–Crippen MR) is 110 cm³/mol. The third-order valence-electron chi connectivity index (χ3n) is 4.78. The highest BCUT2D eigenvalue weighted by molar-refractivity contribution is 5.94. The monoisotopic (exact) mass is 411 g/mol. The quantitative estimate of drug-likeness (QED) is 0.412. The number of rotatable bonds is 7. The van der Waals surface area contributed by atoms with Crippen molar-refractivity contribution in [2.75, 3.05) is 13.7 Å². The smallest absolute Gasteiger partial charge is 0.338 e. The molecule has 1 aliphatic rings. The van der Waals surface area contributed by atoms with Gasteiger partial charge >= 0.3 is 12.0 Å². The van der Waals surface area contributed by atoms with Crippen molar-refractivity contribution in [3.8, 4) is 11.5 Å². The first-order valence-corrected chi connectivity index (χ1v) is 9.54. The lowest BCUT2D eigenvalue weighted by Gasteiger charge is -2.32. The van der Waals surface area contributed by atoms with Crippen LogP contribution in [0.15, 0.2) is 59.8 Å². The van der Waals surface area contributed by atoms with E-state index in [1.807, 2.05) is 30.3 Å². The van der Waals surface area contributed by atoms with Gasteiger partial charge in [-0.15, -0.1) is 0 Å². The molecule has 0 radical (unpaired) electrons. The second-order valence-electron chi connectivity index (χ2n) is 6.66. The van der Waals surface area contributed by atoms with Gasteiger partial charge in [0.1, 0.15) is 6.61 Å². The Bertz CT molecular complexity index is 959. The summed E-state index contributed by atoms with van der Waals surface area (Å²) in [5, 5.41) is 3.64. The van der Waals surface area contributed by atoms with Crippen molar-refractivity contribution >= 4 is 12.0 Å². The van der Waals surface area contributed by atoms with Crippen LogP contribution in [0.4, 0.5) is 4.79 Å². The summed E-state index contributed by atoms with van der Waals surface area (Å²) in [6.07, 6.45) is 0. The van der Waals surface area contributed by atoms with Crippen molar-refractivity contribution in [1.29, 1.82) is 0 Å². The summed E-state index contributed by atoms with van der Waals surface area (Å²) >= 11 is 0. The second-order valence-corrected chi connectivity index (χ2v) is 6.66. The molecule has 0 spiro atoms. The van der Waals surface area contributed by atoms with Crippen LogP contribution in [0, 0.1) is 0 Å². The van der Waals surface area contributed by atoms with E-state index in [4.69, 9.17) is 20.1 Å². The lowest BCUT2D eigenvalue weighted by atomic mass is 9.95. The van der Waals surface area contributed by atoms with Crippen LogP contribution in [0.5, 0.6) is 11.5 Å². The highest BCUT2D eigenvalue weighted by Gasteiger charge is 2.35. The summed E-state index contributed by atoms with van der Waals surface area (Å²) in [4.78, 5) is 24.8. The number of hydrazine groups is 1. The second kappa shape index (κ2) is 9.32. The highest BCUT2D eigenvalue weighted by atomic mass is 16.5. The molecule has 1 aliphatic heterocycles. The van der Waals surface area contributed by atoms with E-state index in [2.05, 4.69) is 5.32 Å². The zero-order valence-electron chi connectivity index (χ0n) is 17.2. The Kier molecular flexibility index (Phi) is 6.58. The number of amides is 2. The number of carbonyl (C=O) groups is 2. The van der Waals surface area contributed by atoms with E-state index in [1.54, 1.807) is 32.0 Å². The molecule has 1 atom stereocenters. The van der Waals surface area contributed by atoms with Crippen LogP contribution >= 0.6 is 0 Å². The van der Waals surface area contributed by atoms with Crippen LogP contribution < -0.4 is 20.6 Å². The molecule has 3 rings (SSSR count). The minimum atomic E-state index is -0.728. The number of esters is 1. The number of nitrogens with one attached hydrogen (secondary N) is 1. The summed E-state index contributed by atoms with van der Waals surface area (Å²) in [6.45, 7) is 3.90. The van der Waals surface area contributed by atoms with Gasteiger partial charge in [-0.1, -0.05) is 36.4 Å². The molecule has 0 saturated heterocycles. The van der Waals surface area contributed by atoms with Crippen LogP contribution in [0.3, 0.4) is 0 Å². The standard InChI is InChI=1S/C22H25N3O5/c1-4-29-21(26)19-14(2)25(23)22(27)24-20(19)16-10-11-17(18(12-16)28-3)30-13-15-8-6-5-7-9-15/h5-12,20H,4,13,23H2,1-3H3,(H,24,27)/t20-/m1/s1. The fourth-order valence-electron chi connectivity index (χ4n) is 3.20. The van der Waals surface area contributed by atoms with Gasteiger partial charge in [0.2, 0.25) is 0 Å². The SMILES string of the molecule is CCOC(=O)C1=C(C)N(N)C(=O)N[C@@H]1c1ccc(OCc2ccccc2)c(OC)c1. The third-order valence-corrected chi connectivity index (χ3v) is 4.78. The first-order chi connectivity index (χ1) is 14.5. The molecule has 0 fully saturated rings. The van der Waals surface area contributed by atoms with Crippen molar-refractivity contribution in [2.45, 2.75) is 26.5 Å². The molecule has 1 heterocycles. The van der Waals surface area contributed by atoms with Gasteiger partial charge in [-0.25, -0.2) is 20.4 Å². The lowest BCUT2D eigenvalue weighted by Crippen LogP contribution is -2.51. The average molecular weight is 411 g/mol. The summed E-state index contributed by atoms with van der Waals surface area (Å²) in [6, 6.07) is 13.8. The van der Waals surface area contributed by atoms with E-state index in [9.17, 15) is 9.59 Å². The molecular formula is C22H25N3O5. The van der Waals surface area contributed by atoms with Crippen molar-refractivity contribution in [3.05, 3.63) is 70.9 Å². The Hall–Kier alpha value is -3.52. The fourth-order valence-corrected chi connectivity index (χ4v) is 3.20. The number of hydrogen-bond acceptors (Lipinski definition) is 6. The maximum absolute atomic E-state index is 12.6. The number of methoxy groups -OCH3 is 1. The Morgan fingerprint density at radius 3 is 2.57 bits per heavy atom. The van der Waals surface area contributed by atoms with E-state index in [1.165, 1.54) is 7.11 Å². The predicted octanol–water partition coefficient (Wildman–Crippen LogP) is 3.05. The fraction of sp³-hybridized carbons (Fsp3) is 0.273. The van der Waals surface area contributed by atoms with Gasteiger partial charge in [-0.05, 0) is 37.1 Å². The molecule has 2 aromatic rings. The molecular weight excluding hydrogens is 386 g/mol. The summed E-state index contributed by atoms with van der Waals surface area (Å²) < 4.78 is 16.5. The van der Waals surface area contributed by atoms with Crippen LogP contribution in [0.25, 0.3) is 0 Å². The molecule has 8 heteroatoms. The zero-order chi connectivity index (χ0) is 21.7. The third kappa shape index (κ3) is 4.38. The van der Waals surface area contributed by atoms with Crippen molar-refractivity contribution in [3.63, 3.8) is 0 Å². The minimum absolute atomic E-state index is 0.205. The molecule has 158 valence electrons. The Labute approximate surface area is 175 Å². The van der Waals surface area contributed by atoms with Gasteiger partial charge in [0, 0.05) is 5.70 Å². The van der Waals surface area contributed by atoms with Gasteiger partial charge in [0.15, 0.2) is 11.5 Å². The van der Waals surface area contributed by atoms with Gasteiger partial charge in [0.25, 0.3) is 0 Å². The molecule has 2 aromatic carbocycles. The minimum Gasteiger partial charge on any atom is -0.493 e. The van der Waals surface area contributed by atoms with E-state index in [0.717, 1.165) is 10.6 Å². The molecule has 0 aromatic heterocycles. The molecule has 30 heavy (non-hydrogen) atoms. The molecule has 0 aliphatic carbocycles. The van der Waals surface area contributed by atoms with Crippen LogP contribution in [0.2, 0.25) is 0 Å². The number of nitrogens with zero attached hydrogens (tertiary/aromatic N) is 1. The van der Waals surface area contributed by atoms with Crippen LogP contribution in [-0.4, -0.2) is 30.7 Å². The maximum Gasteiger partial charge on any atom is 0.338 e. The summed E-state index contributed by atoms with van der Waals surface area (Å²) in [7, 11) is 1.53. The Morgan fingerprint density at radius 1 is 1.17 bits per heavy atom. The number of ether oxygens (including phenoxy) is 3. The lowest BCUT2D eigenvalue weighted by molar-refractivity contribution is -0.139. The maximum atomic E-state index is 12.6. The first-order valence-electron chi connectivity index (χ1n) is 9.54. The van der Waals surface area contributed by atoms with Gasteiger partial charge in [-0.3, -0.25) is 0 Å². The highest BCUT2D eigenvalue weighted by Crippen LogP contribution is 2.36. The van der Waals surface area contributed by atoms with Crippen molar-refractivity contribution in [2.24, 2.45) is 5.84 Å². The van der Waals surface area contributed by atoms with E-state index >= 15 is 0 Å². The molecule has 3 N–H and O–H groups in total. The summed E-state index contributed by atoms with van der Waals surface area (Å²) in [5.74, 6) is 6.26. The molecule has 2 amide bonds. The van der Waals surface area contributed by atoms with E-state index in [-0.39, 0.29) is 12.2 Å². The molecule has 0 bridgehead atoms. The zero-order valence-corrected chi connectivity index (χ0v) is 17.2. The first kappa shape index (κ1) is 21.2. The van der Waals surface area contributed by atoms with Gasteiger partial charge in [-0.2, -0.15) is 0 Å². The topological polar surface area (TPSA) is 103 Å². The van der Waals surface area contributed by atoms with E-state index < -0.39 is 18.0 Å². The molecule has 0 unspecified atom stereocenters. The van der Waals surface area contributed by atoms with Crippen LogP contribution in [-0.2, 0) is 16.1 Å². The largest absolute Gasteiger partial charge is 0.493 e. The van der Waals surface area contributed by atoms with Crippen molar-refractivity contribution in [1.82, 2.24) is 10.3 Å². The van der Waals surface area contributed by atoms with Crippen molar-refractivity contribution < 1.29 is 23.8 Å². The van der Waals surface area contributed by atoms with Gasteiger partial charge < -0.3 is 19.5 Å². The summed E-state index contributed by atoms with van der Waals surface area (Å²) in [5.41, 5.74) is 2.25. The number of benzene rings is 2. The number of urea groups is 1. The van der Waals surface area contributed by atoms with E-state index in [0.29, 0.717) is 29.4 Å². The number of allylic oxidation sites excluding steroid dienone is 1. The van der Waals surface area contributed by atoms with Crippen LogP contribution in [0.1, 0.15) is 31.0 Å². The number of nitrogens with two attached hydrogens (primary N) is 1. The van der Waals surface area contributed by atoms with Gasteiger partial charge in [0.05, 0.1) is 25.3 Å². The molecule has 0 saturated carbocycles. The normalized spacial score (nSPS) is 16.2. The Morgan fingerprint density at radius 2 is 1.90 bits per heavy atom. The number of hydrogen-bond donors (Lipinski definition) is 2. The molecule has 8 nitrogen and oxygen atoms in total. The average Bonchev–Trinajstić information content (AvgIpc) is 2.76. The Balaban J connectivity index is 1.91. The number of carbonyl (C=O) groups excluding carboxylic acids is 2.